The maximum absolute atomic E-state index is 5.67. The molecule has 0 aliphatic rings. The van der Waals surface area contributed by atoms with Gasteiger partial charge < -0.3 is 0 Å². The fourth-order valence-electron chi connectivity index (χ4n) is 0.952. The summed E-state index contributed by atoms with van der Waals surface area (Å²) in [7, 11) is 0. The van der Waals surface area contributed by atoms with Crippen LogP contribution in [-0.2, 0) is 0 Å². The van der Waals surface area contributed by atoms with E-state index >= 15 is 0 Å². The molecule has 0 aromatic rings. The van der Waals surface area contributed by atoms with E-state index in [1.807, 2.05) is 0 Å². The lowest BCUT2D eigenvalue weighted by molar-refractivity contribution is 0.483. The summed E-state index contributed by atoms with van der Waals surface area (Å²) in [6.45, 7) is 6.75. The third kappa shape index (κ3) is 6.41. The van der Waals surface area contributed by atoms with Crippen LogP contribution in [-0.4, -0.2) is 5.88 Å². The summed E-state index contributed by atoms with van der Waals surface area (Å²) in [6, 6.07) is 0. The summed E-state index contributed by atoms with van der Waals surface area (Å²) in [5.41, 5.74) is 0. The topological polar surface area (TPSA) is 0 Å². The number of rotatable bonds is 5. The Kier molecular flexibility index (Phi) is 6.20. The van der Waals surface area contributed by atoms with Crippen LogP contribution in [0.2, 0.25) is 0 Å². The zero-order valence-corrected chi connectivity index (χ0v) is 8.12. The van der Waals surface area contributed by atoms with E-state index in [0.717, 1.165) is 11.8 Å². The van der Waals surface area contributed by atoms with Crippen LogP contribution in [0.3, 0.4) is 0 Å². The molecule has 0 radical (unpaired) electrons. The van der Waals surface area contributed by atoms with Crippen molar-refractivity contribution in [2.45, 2.75) is 40.0 Å². The molecule has 0 aromatic carbocycles. The fourth-order valence-corrected chi connectivity index (χ4v) is 1.11. The van der Waals surface area contributed by atoms with Crippen molar-refractivity contribution in [1.29, 1.82) is 0 Å². The molecule has 0 nitrogen and oxygen atoms in total. The summed E-state index contributed by atoms with van der Waals surface area (Å²) >= 11 is 5.67. The molecule has 0 N–H and O–H groups in total. The molecule has 1 heteroatoms. The molecule has 0 heterocycles. The van der Waals surface area contributed by atoms with Gasteiger partial charge in [0.05, 0.1) is 0 Å². The van der Waals surface area contributed by atoms with Gasteiger partial charge >= 0.3 is 0 Å². The first-order valence-corrected chi connectivity index (χ1v) is 4.76. The van der Waals surface area contributed by atoms with Gasteiger partial charge in [-0.3, -0.25) is 0 Å². The predicted molar refractivity (Wildman–Crippen MR) is 48.6 cm³/mol. The number of halogens is 1. The Labute approximate surface area is 70.0 Å². The molecule has 0 amide bonds. The maximum Gasteiger partial charge on any atom is 0.0249 e. The maximum atomic E-state index is 5.67. The Morgan fingerprint density at radius 2 is 1.70 bits per heavy atom. The van der Waals surface area contributed by atoms with Crippen molar-refractivity contribution in [3.05, 3.63) is 0 Å². The van der Waals surface area contributed by atoms with Crippen molar-refractivity contribution in [1.82, 2.24) is 0 Å². The van der Waals surface area contributed by atoms with Crippen molar-refractivity contribution in [3.63, 3.8) is 0 Å². The van der Waals surface area contributed by atoms with Crippen molar-refractivity contribution < 1.29 is 0 Å². The normalized spacial score (nSPS) is 14.1. The highest BCUT2D eigenvalue weighted by Gasteiger charge is 2.00. The van der Waals surface area contributed by atoms with E-state index in [2.05, 4.69) is 20.8 Å². The average molecular weight is 163 g/mol. The van der Waals surface area contributed by atoms with E-state index in [-0.39, 0.29) is 0 Å². The van der Waals surface area contributed by atoms with Crippen LogP contribution in [0.25, 0.3) is 0 Å². The third-order valence-electron chi connectivity index (χ3n) is 1.74. The van der Waals surface area contributed by atoms with E-state index < -0.39 is 0 Å². The molecule has 0 aliphatic carbocycles. The minimum absolute atomic E-state index is 0.709. The van der Waals surface area contributed by atoms with Gasteiger partial charge in [0, 0.05) is 5.88 Å². The molecule has 0 spiro atoms. The smallest absolute Gasteiger partial charge is 0.0249 e. The SMILES string of the molecule is CC(C)CCCC(C)CCl. The molecule has 1 atom stereocenters. The van der Waals surface area contributed by atoms with Crippen LogP contribution in [0.1, 0.15) is 40.0 Å². The Bertz CT molecular complexity index is 69.1. The Balaban J connectivity index is 3.03. The molecular formula is C9H19Cl. The lowest BCUT2D eigenvalue weighted by Gasteiger charge is -2.07. The van der Waals surface area contributed by atoms with Crippen LogP contribution < -0.4 is 0 Å². The van der Waals surface area contributed by atoms with Gasteiger partial charge in [-0.25, -0.2) is 0 Å². The highest BCUT2D eigenvalue weighted by Crippen LogP contribution is 2.12. The molecule has 0 aromatic heterocycles. The van der Waals surface area contributed by atoms with Crippen LogP contribution >= 0.6 is 11.6 Å². The first-order chi connectivity index (χ1) is 4.66. The average Bonchev–Trinajstić information content (AvgIpc) is 1.87. The second-order valence-electron chi connectivity index (χ2n) is 3.58. The third-order valence-corrected chi connectivity index (χ3v) is 2.27. The number of hydrogen-bond acceptors (Lipinski definition) is 0. The van der Waals surface area contributed by atoms with Gasteiger partial charge in [0.15, 0.2) is 0 Å². The van der Waals surface area contributed by atoms with Gasteiger partial charge in [-0.1, -0.05) is 33.6 Å². The van der Waals surface area contributed by atoms with Crippen LogP contribution in [0, 0.1) is 11.8 Å². The molecule has 1 unspecified atom stereocenters. The van der Waals surface area contributed by atoms with Crippen LogP contribution in [0.15, 0.2) is 0 Å². The van der Waals surface area contributed by atoms with Gasteiger partial charge in [0.1, 0.15) is 0 Å². The minimum atomic E-state index is 0.709. The highest BCUT2D eigenvalue weighted by molar-refractivity contribution is 6.18. The molecule has 0 fully saturated rings. The number of hydrogen-bond donors (Lipinski definition) is 0. The Morgan fingerprint density at radius 1 is 1.10 bits per heavy atom. The Hall–Kier alpha value is 0.290. The second-order valence-corrected chi connectivity index (χ2v) is 3.89. The predicted octanol–water partition coefficient (Wildman–Crippen LogP) is 3.69. The molecule has 0 rings (SSSR count). The summed E-state index contributed by atoms with van der Waals surface area (Å²) in [5, 5.41) is 0. The van der Waals surface area contributed by atoms with Crippen molar-refractivity contribution >= 4 is 11.6 Å². The first kappa shape index (κ1) is 10.3. The Morgan fingerprint density at radius 3 is 2.10 bits per heavy atom. The van der Waals surface area contributed by atoms with Gasteiger partial charge in [-0.15, -0.1) is 11.6 Å². The molecular weight excluding hydrogens is 144 g/mol. The molecule has 0 bridgehead atoms. The summed E-state index contributed by atoms with van der Waals surface area (Å²) in [5.74, 6) is 2.38. The highest BCUT2D eigenvalue weighted by atomic mass is 35.5. The molecule has 0 aliphatic heterocycles. The zero-order valence-electron chi connectivity index (χ0n) is 7.36. The first-order valence-electron chi connectivity index (χ1n) is 4.22. The quantitative estimate of drug-likeness (QED) is 0.541. The van der Waals surface area contributed by atoms with Crippen molar-refractivity contribution in [3.8, 4) is 0 Å². The molecule has 0 saturated heterocycles. The summed E-state index contributed by atoms with van der Waals surface area (Å²) in [6.07, 6.45) is 3.98. The van der Waals surface area contributed by atoms with E-state index in [1.54, 1.807) is 0 Å². The minimum Gasteiger partial charge on any atom is -0.126 e. The second kappa shape index (κ2) is 6.03. The number of alkyl halides is 1. The largest absolute Gasteiger partial charge is 0.126 e. The van der Waals surface area contributed by atoms with Crippen LogP contribution in [0.4, 0.5) is 0 Å². The summed E-state index contributed by atoms with van der Waals surface area (Å²) < 4.78 is 0. The van der Waals surface area contributed by atoms with Gasteiger partial charge in [-0.2, -0.15) is 0 Å². The van der Waals surface area contributed by atoms with Crippen molar-refractivity contribution in [2.75, 3.05) is 5.88 Å². The van der Waals surface area contributed by atoms with E-state index in [4.69, 9.17) is 11.6 Å². The van der Waals surface area contributed by atoms with Gasteiger partial charge in [0.25, 0.3) is 0 Å². The van der Waals surface area contributed by atoms with E-state index in [1.165, 1.54) is 19.3 Å². The van der Waals surface area contributed by atoms with Crippen molar-refractivity contribution in [2.24, 2.45) is 11.8 Å². The monoisotopic (exact) mass is 162 g/mol. The lowest BCUT2D eigenvalue weighted by Crippen LogP contribution is -1.97. The molecule has 62 valence electrons. The van der Waals surface area contributed by atoms with Crippen LogP contribution in [0.5, 0.6) is 0 Å². The fraction of sp³-hybridized carbons (Fsp3) is 1.00. The van der Waals surface area contributed by atoms with Gasteiger partial charge in [0.2, 0.25) is 0 Å². The van der Waals surface area contributed by atoms with E-state index in [9.17, 15) is 0 Å². The van der Waals surface area contributed by atoms with Gasteiger partial charge in [-0.05, 0) is 18.3 Å². The summed E-state index contributed by atoms with van der Waals surface area (Å²) in [4.78, 5) is 0. The molecule has 0 saturated carbocycles. The lowest BCUT2D eigenvalue weighted by atomic mass is 10.0. The van der Waals surface area contributed by atoms with E-state index in [0.29, 0.717) is 5.92 Å². The molecule has 10 heavy (non-hydrogen) atoms. The zero-order chi connectivity index (χ0) is 7.98. The standard InChI is InChI=1S/C9H19Cl/c1-8(2)5-4-6-9(3)7-10/h8-9H,4-7H2,1-3H3.